The van der Waals surface area contributed by atoms with Gasteiger partial charge in [-0.1, -0.05) is 6.42 Å². The number of carbonyl (C=O) groups is 1. The van der Waals surface area contributed by atoms with Crippen LogP contribution in [0.5, 0.6) is 0 Å². The average molecular weight is 252 g/mol. The van der Waals surface area contributed by atoms with Crippen molar-refractivity contribution in [2.24, 2.45) is 5.92 Å². The summed E-state index contributed by atoms with van der Waals surface area (Å²) in [6.45, 7) is 2.18. The molecule has 4 nitrogen and oxygen atoms in total. The Bertz CT molecular complexity index is 334. The molecule has 0 aromatic rings. The van der Waals surface area contributed by atoms with Crippen molar-refractivity contribution in [2.75, 3.05) is 20.1 Å². The van der Waals surface area contributed by atoms with Crippen LogP contribution in [0.15, 0.2) is 0 Å². The van der Waals surface area contributed by atoms with E-state index >= 15 is 0 Å². The lowest BCUT2D eigenvalue weighted by Gasteiger charge is -2.33. The van der Waals surface area contributed by atoms with Crippen molar-refractivity contribution >= 4 is 5.97 Å². The van der Waals surface area contributed by atoms with Crippen LogP contribution in [-0.2, 0) is 4.79 Å². The van der Waals surface area contributed by atoms with Gasteiger partial charge in [0.15, 0.2) is 0 Å². The second kappa shape index (κ2) is 4.82. The Kier molecular flexibility index (Phi) is 3.32. The first-order valence-electron chi connectivity index (χ1n) is 7.35. The Labute approximate surface area is 109 Å². The highest BCUT2D eigenvalue weighted by atomic mass is 16.4. The minimum atomic E-state index is -0.583. The van der Waals surface area contributed by atoms with Crippen LogP contribution < -0.4 is 0 Å². The molecule has 0 aromatic heterocycles. The van der Waals surface area contributed by atoms with Crippen molar-refractivity contribution in [3.05, 3.63) is 0 Å². The van der Waals surface area contributed by atoms with Gasteiger partial charge in [-0.05, 0) is 39.2 Å². The van der Waals surface area contributed by atoms with E-state index in [-0.39, 0.29) is 5.92 Å². The van der Waals surface area contributed by atoms with E-state index in [2.05, 4.69) is 16.8 Å². The third-order valence-corrected chi connectivity index (χ3v) is 5.45. The number of nitrogens with zero attached hydrogens (tertiary/aromatic N) is 2. The number of likely N-dealkylation sites (N-methyl/N-ethyl adjacent to an activating group) is 1. The smallest absolute Gasteiger partial charge is 0.308 e. The molecule has 3 fully saturated rings. The Morgan fingerprint density at radius 1 is 1.11 bits per heavy atom. The maximum atomic E-state index is 11.3. The highest BCUT2D eigenvalue weighted by Crippen LogP contribution is 2.35. The normalized spacial score (nSPS) is 42.1. The monoisotopic (exact) mass is 252 g/mol. The molecule has 3 rings (SSSR count). The first-order chi connectivity index (χ1) is 8.66. The molecule has 4 unspecified atom stereocenters. The lowest BCUT2D eigenvalue weighted by atomic mass is 10.00. The van der Waals surface area contributed by atoms with Crippen molar-refractivity contribution < 1.29 is 9.90 Å². The fourth-order valence-corrected chi connectivity index (χ4v) is 4.30. The van der Waals surface area contributed by atoms with Gasteiger partial charge in [0.2, 0.25) is 0 Å². The molecule has 4 heteroatoms. The highest BCUT2D eigenvalue weighted by molar-refractivity contribution is 5.71. The molecular formula is C14H24N2O2. The maximum absolute atomic E-state index is 11.3. The summed E-state index contributed by atoms with van der Waals surface area (Å²) in [7, 11) is 2.25. The van der Waals surface area contributed by atoms with Gasteiger partial charge in [0.1, 0.15) is 0 Å². The van der Waals surface area contributed by atoms with Gasteiger partial charge in [-0.2, -0.15) is 0 Å². The quantitative estimate of drug-likeness (QED) is 0.807. The Balaban J connectivity index is 1.71. The van der Waals surface area contributed by atoms with Crippen molar-refractivity contribution in [1.82, 2.24) is 9.80 Å². The molecule has 3 aliphatic rings. The summed E-state index contributed by atoms with van der Waals surface area (Å²) in [5.41, 5.74) is 0. The summed E-state index contributed by atoms with van der Waals surface area (Å²) < 4.78 is 0. The van der Waals surface area contributed by atoms with Gasteiger partial charge >= 0.3 is 5.97 Å². The van der Waals surface area contributed by atoms with Crippen molar-refractivity contribution in [3.63, 3.8) is 0 Å². The van der Waals surface area contributed by atoms with Crippen LogP contribution in [0.25, 0.3) is 0 Å². The molecule has 0 spiro atoms. The fourth-order valence-electron chi connectivity index (χ4n) is 4.30. The van der Waals surface area contributed by atoms with Crippen LogP contribution >= 0.6 is 0 Å². The van der Waals surface area contributed by atoms with Gasteiger partial charge in [-0.25, -0.2) is 0 Å². The summed E-state index contributed by atoms with van der Waals surface area (Å²) in [4.78, 5) is 16.4. The Hall–Kier alpha value is -0.610. The van der Waals surface area contributed by atoms with Crippen LogP contribution in [0.2, 0.25) is 0 Å². The number of carboxylic acid groups (broad SMARTS) is 1. The molecule has 2 aliphatic heterocycles. The standard InChI is InChI=1S/C14H24N2O2/c1-15-10-5-6-11(15)9-16(8-7-10)13-4-2-3-12(13)14(17)18/h10-13H,2-9H2,1H3,(H,17,18). The summed E-state index contributed by atoms with van der Waals surface area (Å²) in [5.74, 6) is -0.702. The summed E-state index contributed by atoms with van der Waals surface area (Å²) in [6.07, 6.45) is 6.89. The molecule has 102 valence electrons. The third kappa shape index (κ3) is 2.05. The summed E-state index contributed by atoms with van der Waals surface area (Å²) in [6, 6.07) is 1.70. The lowest BCUT2D eigenvalue weighted by molar-refractivity contribution is -0.143. The van der Waals surface area contributed by atoms with E-state index in [1.807, 2.05) is 0 Å². The minimum Gasteiger partial charge on any atom is -0.481 e. The molecule has 0 aromatic carbocycles. The van der Waals surface area contributed by atoms with Gasteiger partial charge in [-0.15, -0.1) is 0 Å². The number of hydrogen-bond donors (Lipinski definition) is 1. The number of aliphatic carboxylic acids is 1. The van der Waals surface area contributed by atoms with Gasteiger partial charge in [-0.3, -0.25) is 14.6 Å². The summed E-state index contributed by atoms with van der Waals surface area (Å²) in [5, 5.41) is 9.33. The molecule has 0 radical (unpaired) electrons. The van der Waals surface area contributed by atoms with Crippen LogP contribution in [-0.4, -0.2) is 59.1 Å². The van der Waals surface area contributed by atoms with E-state index in [4.69, 9.17) is 0 Å². The molecule has 2 saturated heterocycles. The Morgan fingerprint density at radius 3 is 2.67 bits per heavy atom. The molecule has 1 saturated carbocycles. The lowest BCUT2D eigenvalue weighted by Crippen LogP contribution is -2.45. The van der Waals surface area contributed by atoms with Crippen molar-refractivity contribution in [1.29, 1.82) is 0 Å². The largest absolute Gasteiger partial charge is 0.481 e. The second-order valence-electron chi connectivity index (χ2n) is 6.28. The number of fused-ring (bicyclic) bond motifs is 2. The number of rotatable bonds is 2. The number of carboxylic acids is 1. The number of likely N-dealkylation sites (tertiary alicyclic amines) is 1. The molecule has 2 bridgehead atoms. The summed E-state index contributed by atoms with van der Waals surface area (Å²) >= 11 is 0. The Morgan fingerprint density at radius 2 is 1.89 bits per heavy atom. The van der Waals surface area contributed by atoms with Gasteiger partial charge in [0, 0.05) is 31.2 Å². The van der Waals surface area contributed by atoms with Gasteiger partial charge < -0.3 is 5.11 Å². The van der Waals surface area contributed by atoms with Crippen LogP contribution in [0, 0.1) is 5.92 Å². The van der Waals surface area contributed by atoms with E-state index in [0.717, 1.165) is 38.4 Å². The fraction of sp³-hybridized carbons (Fsp3) is 0.929. The van der Waals surface area contributed by atoms with Crippen LogP contribution in [0.4, 0.5) is 0 Å². The molecule has 1 N–H and O–H groups in total. The maximum Gasteiger partial charge on any atom is 0.308 e. The number of hydrogen-bond acceptors (Lipinski definition) is 3. The van der Waals surface area contributed by atoms with Gasteiger partial charge in [0.25, 0.3) is 0 Å². The van der Waals surface area contributed by atoms with E-state index in [0.29, 0.717) is 12.1 Å². The first-order valence-corrected chi connectivity index (χ1v) is 7.35. The zero-order valence-corrected chi connectivity index (χ0v) is 11.2. The second-order valence-corrected chi connectivity index (χ2v) is 6.28. The predicted molar refractivity (Wildman–Crippen MR) is 69.5 cm³/mol. The molecule has 18 heavy (non-hydrogen) atoms. The van der Waals surface area contributed by atoms with Crippen molar-refractivity contribution in [2.45, 2.75) is 56.7 Å². The predicted octanol–water partition coefficient (Wildman–Crippen LogP) is 1.41. The molecule has 1 aliphatic carbocycles. The van der Waals surface area contributed by atoms with Gasteiger partial charge in [0.05, 0.1) is 5.92 Å². The van der Waals surface area contributed by atoms with Crippen LogP contribution in [0.3, 0.4) is 0 Å². The van der Waals surface area contributed by atoms with Crippen LogP contribution in [0.1, 0.15) is 38.5 Å². The molecular weight excluding hydrogens is 228 g/mol. The molecule has 2 heterocycles. The topological polar surface area (TPSA) is 43.8 Å². The molecule has 0 amide bonds. The third-order valence-electron chi connectivity index (χ3n) is 5.45. The zero-order valence-electron chi connectivity index (χ0n) is 11.2. The minimum absolute atomic E-state index is 0.119. The highest BCUT2D eigenvalue weighted by Gasteiger charge is 2.41. The average Bonchev–Trinajstić information content (AvgIpc) is 2.86. The van der Waals surface area contributed by atoms with E-state index in [1.54, 1.807) is 0 Å². The van der Waals surface area contributed by atoms with E-state index in [9.17, 15) is 9.90 Å². The molecule has 4 atom stereocenters. The zero-order chi connectivity index (χ0) is 12.7. The first kappa shape index (κ1) is 12.4. The van der Waals surface area contributed by atoms with E-state index < -0.39 is 5.97 Å². The van der Waals surface area contributed by atoms with E-state index in [1.165, 1.54) is 19.3 Å². The van der Waals surface area contributed by atoms with Crippen molar-refractivity contribution in [3.8, 4) is 0 Å². The SMILES string of the molecule is CN1C2CCC1CN(C1CCCC1C(=O)O)CC2.